The Morgan fingerprint density at radius 3 is 2.76 bits per heavy atom. The second-order valence-corrected chi connectivity index (χ2v) is 9.21. The lowest BCUT2D eigenvalue weighted by Crippen LogP contribution is -2.48. The van der Waals surface area contributed by atoms with E-state index < -0.39 is 5.60 Å². The molecule has 2 unspecified atom stereocenters. The fraction of sp³-hybridized carbons (Fsp3) is 0.652. The average molecular weight is 399 g/mol. The molecule has 0 aromatic heterocycles. The highest BCUT2D eigenvalue weighted by Crippen LogP contribution is 2.46. The Kier molecular flexibility index (Phi) is 6.26. The van der Waals surface area contributed by atoms with Crippen molar-refractivity contribution in [1.82, 2.24) is 4.90 Å². The highest BCUT2D eigenvalue weighted by Gasteiger charge is 2.43. The third-order valence-electron chi connectivity index (χ3n) is 5.85. The zero-order valence-electron chi connectivity index (χ0n) is 18.4. The number of hydrogen-bond acceptors (Lipinski definition) is 5. The van der Waals surface area contributed by atoms with E-state index in [-0.39, 0.29) is 12.0 Å². The van der Waals surface area contributed by atoms with Crippen molar-refractivity contribution < 1.29 is 9.53 Å². The van der Waals surface area contributed by atoms with E-state index in [1.165, 1.54) is 18.4 Å². The van der Waals surface area contributed by atoms with Crippen molar-refractivity contribution in [3.8, 4) is 6.07 Å². The molecule has 1 N–H and O–H groups in total. The van der Waals surface area contributed by atoms with Crippen LogP contribution in [0.3, 0.4) is 0 Å². The maximum Gasteiger partial charge on any atom is 0.410 e. The van der Waals surface area contributed by atoms with Gasteiger partial charge in [-0.3, -0.25) is 0 Å². The van der Waals surface area contributed by atoms with Crippen molar-refractivity contribution >= 4 is 17.5 Å². The van der Waals surface area contributed by atoms with E-state index in [0.717, 1.165) is 30.8 Å². The molecule has 6 heteroatoms. The molecule has 1 fully saturated rings. The number of nitriles is 1. The number of fused-ring (bicyclic) bond motifs is 3. The minimum Gasteiger partial charge on any atom is -0.444 e. The molecule has 2 heterocycles. The van der Waals surface area contributed by atoms with E-state index in [0.29, 0.717) is 24.7 Å². The van der Waals surface area contributed by atoms with Gasteiger partial charge in [-0.1, -0.05) is 19.8 Å². The van der Waals surface area contributed by atoms with Crippen molar-refractivity contribution in [3.63, 3.8) is 0 Å². The van der Waals surface area contributed by atoms with Crippen LogP contribution in [0.2, 0.25) is 0 Å². The number of piperidine rings is 1. The SMILES string of the molecule is CCCCCNc1cc(C#N)c2c(c1)C1CN(C(=O)OC(C)(C)C)CCC1N2C. The Morgan fingerprint density at radius 1 is 1.34 bits per heavy atom. The Bertz CT molecular complexity index is 793. The largest absolute Gasteiger partial charge is 0.444 e. The minimum atomic E-state index is -0.498. The summed E-state index contributed by atoms with van der Waals surface area (Å²) >= 11 is 0. The van der Waals surface area contributed by atoms with E-state index >= 15 is 0 Å². The van der Waals surface area contributed by atoms with E-state index in [9.17, 15) is 10.1 Å². The molecular weight excluding hydrogens is 364 g/mol. The number of nitrogens with one attached hydrogen (secondary N) is 1. The molecule has 0 saturated carbocycles. The van der Waals surface area contributed by atoms with Crippen LogP contribution in [0.4, 0.5) is 16.2 Å². The summed E-state index contributed by atoms with van der Waals surface area (Å²) in [5, 5.41) is 13.3. The molecule has 1 saturated heterocycles. The Hall–Kier alpha value is -2.42. The highest BCUT2D eigenvalue weighted by atomic mass is 16.6. The molecule has 0 radical (unpaired) electrons. The number of nitrogens with zero attached hydrogens (tertiary/aromatic N) is 3. The summed E-state index contributed by atoms with van der Waals surface area (Å²) in [6, 6.07) is 6.84. The van der Waals surface area contributed by atoms with Gasteiger partial charge in [0.2, 0.25) is 0 Å². The topological polar surface area (TPSA) is 68.6 Å². The number of carbonyl (C=O) groups excluding carboxylic acids is 1. The fourth-order valence-electron chi connectivity index (χ4n) is 4.50. The third kappa shape index (κ3) is 4.60. The van der Waals surface area contributed by atoms with Crippen LogP contribution in [0, 0.1) is 11.3 Å². The molecule has 2 atom stereocenters. The molecule has 0 spiro atoms. The summed E-state index contributed by atoms with van der Waals surface area (Å²) in [5.74, 6) is 0.195. The smallest absolute Gasteiger partial charge is 0.410 e. The van der Waals surface area contributed by atoms with Gasteiger partial charge in [0.1, 0.15) is 11.7 Å². The van der Waals surface area contributed by atoms with Gasteiger partial charge in [0.15, 0.2) is 0 Å². The van der Waals surface area contributed by atoms with E-state index in [1.807, 2.05) is 31.7 Å². The van der Waals surface area contributed by atoms with Gasteiger partial charge in [-0.05, 0) is 51.3 Å². The lowest BCUT2D eigenvalue weighted by molar-refractivity contribution is 0.0190. The van der Waals surface area contributed by atoms with Crippen molar-refractivity contribution in [1.29, 1.82) is 5.26 Å². The molecule has 0 aliphatic carbocycles. The lowest BCUT2D eigenvalue weighted by atomic mass is 9.88. The Balaban J connectivity index is 1.83. The second kappa shape index (κ2) is 8.52. The van der Waals surface area contributed by atoms with Crippen LogP contribution in [0.15, 0.2) is 12.1 Å². The molecule has 158 valence electrons. The zero-order valence-corrected chi connectivity index (χ0v) is 18.4. The first-order chi connectivity index (χ1) is 13.7. The number of anilines is 2. The van der Waals surface area contributed by atoms with Gasteiger partial charge >= 0.3 is 6.09 Å². The first-order valence-corrected chi connectivity index (χ1v) is 10.8. The Morgan fingerprint density at radius 2 is 2.10 bits per heavy atom. The summed E-state index contributed by atoms with van der Waals surface area (Å²) in [4.78, 5) is 16.7. The summed E-state index contributed by atoms with van der Waals surface area (Å²) in [5.41, 5.74) is 3.40. The molecule has 1 amide bonds. The predicted octanol–water partition coefficient (Wildman–Crippen LogP) is 4.70. The zero-order chi connectivity index (χ0) is 21.2. The number of unbranched alkanes of at least 4 members (excludes halogenated alkanes) is 2. The number of likely N-dealkylation sites (tertiary alicyclic amines) is 1. The number of carbonyl (C=O) groups is 1. The molecule has 1 aromatic rings. The molecule has 1 aromatic carbocycles. The molecule has 2 aliphatic heterocycles. The fourth-order valence-corrected chi connectivity index (χ4v) is 4.50. The molecule has 0 bridgehead atoms. The van der Waals surface area contributed by atoms with Gasteiger partial charge < -0.3 is 19.9 Å². The summed E-state index contributed by atoms with van der Waals surface area (Å²) in [7, 11) is 2.07. The van der Waals surface area contributed by atoms with E-state index in [2.05, 4.69) is 36.3 Å². The molecular formula is C23H34N4O2. The number of ether oxygens (including phenoxy) is 1. The van der Waals surface area contributed by atoms with Crippen molar-refractivity contribution in [2.45, 2.75) is 70.9 Å². The van der Waals surface area contributed by atoms with Crippen LogP contribution in [0.5, 0.6) is 0 Å². The van der Waals surface area contributed by atoms with E-state index in [1.54, 1.807) is 0 Å². The van der Waals surface area contributed by atoms with Crippen LogP contribution in [-0.4, -0.2) is 49.3 Å². The number of hydrogen-bond donors (Lipinski definition) is 1. The summed E-state index contributed by atoms with van der Waals surface area (Å²) < 4.78 is 5.59. The first-order valence-electron chi connectivity index (χ1n) is 10.8. The quantitative estimate of drug-likeness (QED) is 0.728. The normalized spacial score (nSPS) is 20.7. The van der Waals surface area contributed by atoms with Crippen LogP contribution < -0.4 is 10.2 Å². The first kappa shape index (κ1) is 21.3. The van der Waals surface area contributed by atoms with E-state index in [4.69, 9.17) is 4.74 Å². The number of benzene rings is 1. The maximum atomic E-state index is 12.6. The summed E-state index contributed by atoms with van der Waals surface area (Å²) in [6.07, 6.45) is 4.13. The molecule has 2 aliphatic rings. The van der Waals surface area contributed by atoms with Crippen LogP contribution in [-0.2, 0) is 4.74 Å². The van der Waals surface area contributed by atoms with Crippen LogP contribution in [0.1, 0.15) is 70.4 Å². The maximum absolute atomic E-state index is 12.6. The van der Waals surface area contributed by atoms with Gasteiger partial charge in [-0.2, -0.15) is 5.26 Å². The molecule has 3 rings (SSSR count). The highest BCUT2D eigenvalue weighted by molar-refractivity contribution is 5.75. The third-order valence-corrected chi connectivity index (χ3v) is 5.85. The average Bonchev–Trinajstić information content (AvgIpc) is 2.95. The van der Waals surface area contributed by atoms with Crippen molar-refractivity contribution in [2.75, 3.05) is 36.9 Å². The monoisotopic (exact) mass is 398 g/mol. The van der Waals surface area contributed by atoms with Crippen LogP contribution in [0.25, 0.3) is 0 Å². The Labute approximate surface area is 174 Å². The standard InChI is InChI=1S/C23H34N4O2/c1-6-7-8-10-25-17-12-16(14-24)21-18(13-17)19-15-27(11-9-20(19)26(21)5)22(28)29-23(2,3)4/h12-13,19-20,25H,6-11,15H2,1-5H3. The lowest BCUT2D eigenvalue weighted by Gasteiger charge is -2.38. The van der Waals surface area contributed by atoms with Gasteiger partial charge in [-0.15, -0.1) is 0 Å². The second-order valence-electron chi connectivity index (χ2n) is 9.21. The molecule has 6 nitrogen and oxygen atoms in total. The number of amides is 1. The van der Waals surface area contributed by atoms with Gasteiger partial charge in [0, 0.05) is 44.3 Å². The predicted molar refractivity (Wildman–Crippen MR) is 117 cm³/mol. The van der Waals surface area contributed by atoms with Gasteiger partial charge in [-0.25, -0.2) is 4.79 Å². The van der Waals surface area contributed by atoms with Gasteiger partial charge in [0.25, 0.3) is 0 Å². The molecule has 29 heavy (non-hydrogen) atoms. The number of likely N-dealkylation sites (N-methyl/N-ethyl adjacent to an activating group) is 1. The summed E-state index contributed by atoms with van der Waals surface area (Å²) in [6.45, 7) is 10.1. The van der Waals surface area contributed by atoms with Crippen LogP contribution >= 0.6 is 0 Å². The minimum absolute atomic E-state index is 0.195. The van der Waals surface area contributed by atoms with Crippen molar-refractivity contribution in [2.24, 2.45) is 0 Å². The van der Waals surface area contributed by atoms with Gasteiger partial charge in [0.05, 0.1) is 11.3 Å². The van der Waals surface area contributed by atoms with Crippen molar-refractivity contribution in [3.05, 3.63) is 23.3 Å². The number of rotatable bonds is 5.